The average Bonchev–Trinajstić information content (AvgIpc) is 3.06. The number of halogens is 1. The van der Waals surface area contributed by atoms with Crippen LogP contribution in [0.2, 0.25) is 0 Å². The van der Waals surface area contributed by atoms with Gasteiger partial charge in [-0.3, -0.25) is 0 Å². The van der Waals surface area contributed by atoms with Crippen LogP contribution in [0, 0.1) is 5.82 Å². The van der Waals surface area contributed by atoms with E-state index in [1.54, 1.807) is 12.3 Å². The van der Waals surface area contributed by atoms with Gasteiger partial charge in [-0.05, 0) is 36.2 Å². The number of rotatable bonds is 3. The molecule has 0 saturated carbocycles. The topological polar surface area (TPSA) is 79.6 Å². The van der Waals surface area contributed by atoms with Crippen molar-refractivity contribution in [1.29, 1.82) is 0 Å². The van der Waals surface area contributed by atoms with Crippen LogP contribution in [-0.2, 0) is 6.54 Å². The average molecular weight is 323 g/mol. The minimum absolute atomic E-state index is 0.189. The molecule has 3 heterocycles. The molecule has 0 unspecified atom stereocenters. The van der Waals surface area contributed by atoms with Crippen molar-refractivity contribution in [3.63, 3.8) is 0 Å². The van der Waals surface area contributed by atoms with Crippen LogP contribution in [0.15, 0.2) is 36.5 Å². The minimum Gasteiger partial charge on any atom is -0.336 e. The summed E-state index contributed by atoms with van der Waals surface area (Å²) in [6, 6.07) is 6.99. The third kappa shape index (κ3) is 2.60. The molecule has 0 bridgehead atoms. The largest absolute Gasteiger partial charge is 0.336 e. The summed E-state index contributed by atoms with van der Waals surface area (Å²) in [6.45, 7) is 1.97. The van der Waals surface area contributed by atoms with Crippen molar-refractivity contribution in [3.8, 4) is 11.1 Å². The van der Waals surface area contributed by atoms with Crippen molar-refractivity contribution in [1.82, 2.24) is 20.3 Å². The van der Waals surface area contributed by atoms with Gasteiger partial charge in [0.05, 0.1) is 5.52 Å². The van der Waals surface area contributed by atoms with Gasteiger partial charge in [0.1, 0.15) is 11.6 Å². The van der Waals surface area contributed by atoms with Crippen LogP contribution in [0.5, 0.6) is 0 Å². The van der Waals surface area contributed by atoms with Crippen molar-refractivity contribution in [3.05, 3.63) is 53.7 Å². The smallest absolute Gasteiger partial charge is 0.178 e. The number of aromatic amines is 1. The van der Waals surface area contributed by atoms with Crippen molar-refractivity contribution in [2.75, 3.05) is 13.1 Å². The highest BCUT2D eigenvalue weighted by Crippen LogP contribution is 2.29. The van der Waals surface area contributed by atoms with Crippen LogP contribution in [0.3, 0.4) is 0 Å². The second-order valence-electron chi connectivity index (χ2n) is 5.84. The number of nitrogens with zero attached hydrogens (tertiary/aromatic N) is 2. The van der Waals surface area contributed by atoms with Gasteiger partial charge in [0.25, 0.3) is 0 Å². The second kappa shape index (κ2) is 6.14. The Labute approximate surface area is 138 Å². The van der Waals surface area contributed by atoms with Crippen LogP contribution < -0.4 is 11.1 Å². The first-order chi connectivity index (χ1) is 11.8. The molecule has 0 atom stereocenters. The van der Waals surface area contributed by atoms with E-state index in [1.807, 2.05) is 12.1 Å². The lowest BCUT2D eigenvalue weighted by atomic mass is 10.0. The van der Waals surface area contributed by atoms with Gasteiger partial charge in [0, 0.05) is 30.4 Å². The third-order valence-corrected chi connectivity index (χ3v) is 4.34. The van der Waals surface area contributed by atoms with E-state index in [-0.39, 0.29) is 12.4 Å². The van der Waals surface area contributed by atoms with Gasteiger partial charge in [-0.2, -0.15) is 0 Å². The Morgan fingerprint density at radius 3 is 2.92 bits per heavy atom. The fourth-order valence-corrected chi connectivity index (χ4v) is 3.02. The van der Waals surface area contributed by atoms with Crippen molar-refractivity contribution >= 4 is 16.7 Å². The molecule has 3 aromatic rings. The maximum absolute atomic E-state index is 14.1. The predicted molar refractivity (Wildman–Crippen MR) is 92.6 cm³/mol. The lowest BCUT2D eigenvalue weighted by Crippen LogP contribution is -2.20. The Hall–Kier alpha value is -2.57. The van der Waals surface area contributed by atoms with E-state index < -0.39 is 0 Å². The molecule has 4 N–H and O–H groups in total. The maximum Gasteiger partial charge on any atom is 0.178 e. The third-order valence-electron chi connectivity index (χ3n) is 4.34. The molecule has 0 fully saturated rings. The maximum atomic E-state index is 14.1. The lowest BCUT2D eigenvalue weighted by molar-refractivity contribution is 0.611. The number of H-pyrrole nitrogens is 1. The number of imidazole rings is 1. The van der Waals surface area contributed by atoms with Gasteiger partial charge in [0.2, 0.25) is 0 Å². The zero-order valence-corrected chi connectivity index (χ0v) is 13.1. The van der Waals surface area contributed by atoms with Crippen molar-refractivity contribution < 1.29 is 4.39 Å². The standard InChI is InChI=1S/C18H18FN5/c19-15-9-12(1-2-13(15)10-20)14-5-8-22-18-16(14)23-17(24-18)11-3-6-21-7-4-11/h1-3,5,8-9,21H,4,6-7,10,20H2,(H,22,23,24). The molecular formula is C18H18FN5. The number of nitrogens with two attached hydrogens (primary N) is 1. The molecule has 5 nitrogen and oxygen atoms in total. The van der Waals surface area contributed by atoms with E-state index in [1.165, 1.54) is 11.6 Å². The summed E-state index contributed by atoms with van der Waals surface area (Å²) >= 11 is 0. The Morgan fingerprint density at radius 1 is 1.25 bits per heavy atom. The summed E-state index contributed by atoms with van der Waals surface area (Å²) in [6.07, 6.45) is 4.76. The highest BCUT2D eigenvalue weighted by atomic mass is 19.1. The van der Waals surface area contributed by atoms with E-state index in [2.05, 4.69) is 26.3 Å². The van der Waals surface area contributed by atoms with Crippen LogP contribution in [0.1, 0.15) is 17.8 Å². The number of benzene rings is 1. The quantitative estimate of drug-likeness (QED) is 0.692. The van der Waals surface area contributed by atoms with Crippen molar-refractivity contribution in [2.45, 2.75) is 13.0 Å². The van der Waals surface area contributed by atoms with Gasteiger partial charge in [-0.25, -0.2) is 14.4 Å². The molecular weight excluding hydrogens is 305 g/mol. The molecule has 0 saturated heterocycles. The molecule has 0 aliphatic carbocycles. The normalized spacial score (nSPS) is 14.8. The summed E-state index contributed by atoms with van der Waals surface area (Å²) in [4.78, 5) is 12.3. The molecule has 6 heteroatoms. The Morgan fingerprint density at radius 2 is 2.17 bits per heavy atom. The predicted octanol–water partition coefficient (Wildman–Crippen LogP) is 2.60. The first kappa shape index (κ1) is 15.0. The molecule has 0 amide bonds. The summed E-state index contributed by atoms with van der Waals surface area (Å²) in [7, 11) is 0. The molecule has 1 aliphatic rings. The van der Waals surface area contributed by atoms with E-state index in [0.29, 0.717) is 11.2 Å². The van der Waals surface area contributed by atoms with Gasteiger partial charge in [-0.15, -0.1) is 0 Å². The lowest BCUT2D eigenvalue weighted by Gasteiger charge is -2.11. The molecule has 122 valence electrons. The molecule has 1 aromatic carbocycles. The minimum atomic E-state index is -0.291. The Balaban J connectivity index is 1.82. The highest BCUT2D eigenvalue weighted by Gasteiger charge is 2.14. The van der Waals surface area contributed by atoms with Crippen LogP contribution in [0.25, 0.3) is 27.9 Å². The number of fused-ring (bicyclic) bond motifs is 1. The molecule has 24 heavy (non-hydrogen) atoms. The van der Waals surface area contributed by atoms with Crippen molar-refractivity contribution in [2.24, 2.45) is 5.73 Å². The number of hydrogen-bond donors (Lipinski definition) is 3. The number of pyridine rings is 1. The molecule has 1 aliphatic heterocycles. The zero-order chi connectivity index (χ0) is 16.5. The van der Waals surface area contributed by atoms with E-state index in [4.69, 9.17) is 5.73 Å². The summed E-state index contributed by atoms with van der Waals surface area (Å²) in [5, 5.41) is 3.29. The highest BCUT2D eigenvalue weighted by molar-refractivity contribution is 5.91. The van der Waals surface area contributed by atoms with E-state index >= 15 is 0 Å². The molecule has 2 aromatic heterocycles. The Kier molecular flexibility index (Phi) is 3.84. The zero-order valence-electron chi connectivity index (χ0n) is 13.1. The molecule has 0 radical (unpaired) electrons. The fourth-order valence-electron chi connectivity index (χ4n) is 3.02. The number of hydrogen-bond acceptors (Lipinski definition) is 4. The summed E-state index contributed by atoms with van der Waals surface area (Å²) in [5.74, 6) is 0.547. The van der Waals surface area contributed by atoms with E-state index in [9.17, 15) is 4.39 Å². The monoisotopic (exact) mass is 323 g/mol. The first-order valence-electron chi connectivity index (χ1n) is 8.00. The van der Waals surface area contributed by atoms with Crippen LogP contribution in [0.4, 0.5) is 4.39 Å². The van der Waals surface area contributed by atoms with E-state index in [0.717, 1.165) is 42.0 Å². The van der Waals surface area contributed by atoms with Gasteiger partial charge in [-0.1, -0.05) is 18.2 Å². The molecule has 0 spiro atoms. The van der Waals surface area contributed by atoms with Gasteiger partial charge in [0.15, 0.2) is 5.65 Å². The second-order valence-corrected chi connectivity index (χ2v) is 5.84. The summed E-state index contributed by atoms with van der Waals surface area (Å²) in [5.41, 5.74) is 10.4. The fraction of sp³-hybridized carbons (Fsp3) is 0.222. The Bertz CT molecular complexity index is 928. The van der Waals surface area contributed by atoms with Gasteiger partial charge >= 0.3 is 0 Å². The summed E-state index contributed by atoms with van der Waals surface area (Å²) < 4.78 is 14.1. The number of aromatic nitrogens is 3. The first-order valence-corrected chi connectivity index (χ1v) is 8.00. The van der Waals surface area contributed by atoms with Crippen LogP contribution in [-0.4, -0.2) is 28.0 Å². The van der Waals surface area contributed by atoms with Gasteiger partial charge < -0.3 is 16.0 Å². The SMILES string of the molecule is NCc1ccc(-c2ccnc3nc(C4=CCNCC4)[nH]c23)cc1F. The molecule has 4 rings (SSSR count). The van der Waals surface area contributed by atoms with Crippen LogP contribution >= 0.6 is 0 Å². The number of nitrogens with one attached hydrogen (secondary N) is 2.